The first kappa shape index (κ1) is 16.5. The van der Waals surface area contributed by atoms with Crippen molar-refractivity contribution in [2.75, 3.05) is 20.1 Å². The van der Waals surface area contributed by atoms with E-state index in [1.807, 2.05) is 11.9 Å². The Morgan fingerprint density at radius 3 is 2.74 bits per heavy atom. The van der Waals surface area contributed by atoms with Crippen LogP contribution in [0.15, 0.2) is 30.3 Å². The molecule has 3 rings (SSSR count). The van der Waals surface area contributed by atoms with E-state index in [0.717, 1.165) is 45.3 Å². The molecule has 1 aromatic rings. The normalized spacial score (nSPS) is 28.7. The molecule has 0 spiro atoms. The molecule has 0 aromatic heterocycles. The Kier molecular flexibility index (Phi) is 5.34. The average Bonchev–Trinajstić information content (AvgIpc) is 3.01. The minimum Gasteiger partial charge on any atom is -0.341 e. The molecule has 0 radical (unpaired) electrons. The van der Waals surface area contributed by atoms with Crippen LogP contribution < -0.4 is 5.73 Å². The fourth-order valence-corrected chi connectivity index (χ4v) is 4.04. The Hall–Kier alpha value is -1.39. The van der Waals surface area contributed by atoms with Crippen molar-refractivity contribution in [3.05, 3.63) is 35.9 Å². The van der Waals surface area contributed by atoms with E-state index < -0.39 is 0 Å². The number of nitrogens with zero attached hydrogens (tertiary/aromatic N) is 2. The fourth-order valence-electron chi connectivity index (χ4n) is 4.04. The predicted molar refractivity (Wildman–Crippen MR) is 92.8 cm³/mol. The number of hydrogen-bond acceptors (Lipinski definition) is 3. The number of likely N-dealkylation sites (tertiary alicyclic amines) is 1. The van der Waals surface area contributed by atoms with Gasteiger partial charge in [0.05, 0.1) is 0 Å². The number of likely N-dealkylation sites (N-methyl/N-ethyl adjacent to an activating group) is 1. The van der Waals surface area contributed by atoms with Crippen LogP contribution in [0.5, 0.6) is 0 Å². The van der Waals surface area contributed by atoms with Crippen LogP contribution in [0.4, 0.5) is 0 Å². The van der Waals surface area contributed by atoms with Gasteiger partial charge in [-0.3, -0.25) is 9.69 Å². The summed E-state index contributed by atoms with van der Waals surface area (Å²) in [5.41, 5.74) is 7.32. The van der Waals surface area contributed by atoms with Crippen molar-refractivity contribution in [2.24, 2.45) is 11.7 Å². The van der Waals surface area contributed by atoms with Crippen LogP contribution in [-0.2, 0) is 11.3 Å². The highest BCUT2D eigenvalue weighted by atomic mass is 16.2. The summed E-state index contributed by atoms with van der Waals surface area (Å²) >= 11 is 0. The molecule has 0 bridgehead atoms. The molecule has 4 heteroatoms. The van der Waals surface area contributed by atoms with Crippen molar-refractivity contribution in [1.82, 2.24) is 9.80 Å². The number of amides is 1. The highest BCUT2D eigenvalue weighted by Gasteiger charge is 2.33. The molecule has 1 amide bonds. The van der Waals surface area contributed by atoms with Crippen LogP contribution in [0.25, 0.3) is 0 Å². The molecule has 3 unspecified atom stereocenters. The number of rotatable bonds is 4. The van der Waals surface area contributed by atoms with Gasteiger partial charge < -0.3 is 10.6 Å². The van der Waals surface area contributed by atoms with E-state index in [2.05, 4.69) is 35.2 Å². The molecule has 1 aliphatic carbocycles. The SMILES string of the molecule is CN(C(=O)C1CCC(N)C1)C1CCCN(Cc2ccccc2)C1. The molecule has 2 N–H and O–H groups in total. The van der Waals surface area contributed by atoms with E-state index in [9.17, 15) is 4.79 Å². The maximum Gasteiger partial charge on any atom is 0.225 e. The van der Waals surface area contributed by atoms with Gasteiger partial charge in [0, 0.05) is 38.1 Å². The van der Waals surface area contributed by atoms with E-state index in [0.29, 0.717) is 11.9 Å². The zero-order valence-corrected chi connectivity index (χ0v) is 14.2. The Bertz CT molecular complexity index is 519. The van der Waals surface area contributed by atoms with Gasteiger partial charge in [-0.15, -0.1) is 0 Å². The Balaban J connectivity index is 1.56. The van der Waals surface area contributed by atoms with Crippen LogP contribution in [0, 0.1) is 5.92 Å². The second kappa shape index (κ2) is 7.45. The van der Waals surface area contributed by atoms with Gasteiger partial charge in [0.2, 0.25) is 5.91 Å². The van der Waals surface area contributed by atoms with Crippen LogP contribution in [-0.4, -0.2) is 47.9 Å². The third-order valence-corrected chi connectivity index (χ3v) is 5.45. The molecule has 4 nitrogen and oxygen atoms in total. The van der Waals surface area contributed by atoms with E-state index in [1.54, 1.807) is 0 Å². The van der Waals surface area contributed by atoms with Crippen molar-refractivity contribution < 1.29 is 4.79 Å². The van der Waals surface area contributed by atoms with Crippen LogP contribution in [0.2, 0.25) is 0 Å². The number of piperidine rings is 1. The van der Waals surface area contributed by atoms with Gasteiger partial charge >= 0.3 is 0 Å². The Morgan fingerprint density at radius 2 is 2.04 bits per heavy atom. The lowest BCUT2D eigenvalue weighted by atomic mass is 10.0. The summed E-state index contributed by atoms with van der Waals surface area (Å²) in [4.78, 5) is 17.2. The highest BCUT2D eigenvalue weighted by Crippen LogP contribution is 2.27. The summed E-state index contributed by atoms with van der Waals surface area (Å²) in [5.74, 6) is 0.462. The Morgan fingerprint density at radius 1 is 1.26 bits per heavy atom. The molecule has 23 heavy (non-hydrogen) atoms. The summed E-state index contributed by atoms with van der Waals surface area (Å²) in [6, 6.07) is 11.2. The van der Waals surface area contributed by atoms with Gasteiger partial charge in [-0.2, -0.15) is 0 Å². The largest absolute Gasteiger partial charge is 0.341 e. The number of carbonyl (C=O) groups excluding carboxylic acids is 1. The van der Waals surface area contributed by atoms with Crippen LogP contribution in [0.3, 0.4) is 0 Å². The third kappa shape index (κ3) is 4.12. The molecule has 1 aromatic carbocycles. The first-order valence-electron chi connectivity index (χ1n) is 8.92. The smallest absolute Gasteiger partial charge is 0.225 e. The molecular weight excluding hydrogens is 286 g/mol. The molecule has 1 heterocycles. The first-order chi connectivity index (χ1) is 11.1. The maximum atomic E-state index is 12.7. The maximum absolute atomic E-state index is 12.7. The van der Waals surface area contributed by atoms with Crippen molar-refractivity contribution >= 4 is 5.91 Å². The summed E-state index contributed by atoms with van der Waals surface area (Å²) < 4.78 is 0. The van der Waals surface area contributed by atoms with Gasteiger partial charge in [-0.25, -0.2) is 0 Å². The quantitative estimate of drug-likeness (QED) is 0.927. The lowest BCUT2D eigenvalue weighted by Crippen LogP contribution is -2.49. The standard InChI is InChI=1S/C19H29N3O/c1-21(19(23)16-9-10-17(20)12-16)18-8-5-11-22(14-18)13-15-6-3-2-4-7-15/h2-4,6-7,16-18H,5,8-14,20H2,1H3. The molecule has 126 valence electrons. The number of benzene rings is 1. The van der Waals surface area contributed by atoms with E-state index in [1.165, 1.54) is 12.0 Å². The summed E-state index contributed by atoms with van der Waals surface area (Å²) in [6.45, 7) is 3.09. The summed E-state index contributed by atoms with van der Waals surface area (Å²) in [6.07, 6.45) is 5.11. The molecule has 1 aliphatic heterocycles. The Labute approximate surface area is 139 Å². The molecule has 2 fully saturated rings. The van der Waals surface area contributed by atoms with Crippen molar-refractivity contribution in [3.63, 3.8) is 0 Å². The van der Waals surface area contributed by atoms with Crippen LogP contribution >= 0.6 is 0 Å². The molecule has 3 atom stereocenters. The lowest BCUT2D eigenvalue weighted by Gasteiger charge is -2.38. The predicted octanol–water partition coefficient (Wildman–Crippen LogP) is 2.24. The second-order valence-electron chi connectivity index (χ2n) is 7.24. The fraction of sp³-hybridized carbons (Fsp3) is 0.632. The minimum atomic E-state index is 0.152. The molecule has 1 saturated carbocycles. The van der Waals surface area contributed by atoms with Gasteiger partial charge in [0.25, 0.3) is 0 Å². The van der Waals surface area contributed by atoms with Crippen molar-refractivity contribution in [3.8, 4) is 0 Å². The molecule has 2 aliphatic rings. The van der Waals surface area contributed by atoms with Gasteiger partial charge in [-0.05, 0) is 44.2 Å². The molecule has 1 saturated heterocycles. The monoisotopic (exact) mass is 315 g/mol. The van der Waals surface area contributed by atoms with Gasteiger partial charge in [-0.1, -0.05) is 30.3 Å². The average molecular weight is 315 g/mol. The lowest BCUT2D eigenvalue weighted by molar-refractivity contribution is -0.137. The first-order valence-corrected chi connectivity index (χ1v) is 8.92. The van der Waals surface area contributed by atoms with Crippen molar-refractivity contribution in [2.45, 2.75) is 50.7 Å². The minimum absolute atomic E-state index is 0.152. The van der Waals surface area contributed by atoms with Crippen LogP contribution in [0.1, 0.15) is 37.7 Å². The number of carbonyl (C=O) groups is 1. The topological polar surface area (TPSA) is 49.6 Å². The van der Waals surface area contributed by atoms with E-state index in [4.69, 9.17) is 5.73 Å². The number of hydrogen-bond donors (Lipinski definition) is 1. The van der Waals surface area contributed by atoms with Gasteiger partial charge in [0.15, 0.2) is 0 Å². The zero-order valence-electron chi connectivity index (χ0n) is 14.2. The van der Waals surface area contributed by atoms with Crippen molar-refractivity contribution in [1.29, 1.82) is 0 Å². The summed E-state index contributed by atoms with van der Waals surface area (Å²) in [5, 5.41) is 0. The van der Waals surface area contributed by atoms with E-state index in [-0.39, 0.29) is 12.0 Å². The summed E-state index contributed by atoms with van der Waals surface area (Å²) in [7, 11) is 1.99. The zero-order chi connectivity index (χ0) is 16.2. The third-order valence-electron chi connectivity index (χ3n) is 5.45. The van der Waals surface area contributed by atoms with Gasteiger partial charge in [0.1, 0.15) is 0 Å². The highest BCUT2D eigenvalue weighted by molar-refractivity contribution is 5.79. The van der Waals surface area contributed by atoms with E-state index >= 15 is 0 Å². The molecular formula is C19H29N3O. The number of nitrogens with two attached hydrogens (primary N) is 1. The second-order valence-corrected chi connectivity index (χ2v) is 7.24.